The maximum Gasteiger partial charge on any atom is 0.250 e. The molecule has 1 fully saturated rings. The molecule has 1 saturated heterocycles. The molecule has 0 radical (unpaired) electrons. The van der Waals surface area contributed by atoms with Crippen LogP contribution in [0.1, 0.15) is 12.8 Å². The Bertz CT molecular complexity index is 944. The number of benzene rings is 2. The first kappa shape index (κ1) is 19.4. The molecule has 4 rings (SSSR count). The van der Waals surface area contributed by atoms with Gasteiger partial charge >= 0.3 is 0 Å². The SMILES string of the molecule is O=C(CN1C(=O)[C@@H](C(=O)N2CCCC2)Sc2ccccc21)Nc1ccc(F)cc1. The van der Waals surface area contributed by atoms with Crippen molar-refractivity contribution in [1.82, 2.24) is 4.90 Å². The van der Waals surface area contributed by atoms with E-state index in [4.69, 9.17) is 0 Å². The first-order valence-corrected chi connectivity index (χ1v) is 10.3. The van der Waals surface area contributed by atoms with Crippen molar-refractivity contribution in [2.45, 2.75) is 23.0 Å². The van der Waals surface area contributed by atoms with Crippen LogP contribution in [-0.4, -0.2) is 47.5 Å². The number of hydrogen-bond donors (Lipinski definition) is 1. The molecule has 1 atom stereocenters. The van der Waals surface area contributed by atoms with Gasteiger partial charge in [0.1, 0.15) is 12.4 Å². The van der Waals surface area contributed by atoms with Gasteiger partial charge < -0.3 is 15.1 Å². The second-order valence-corrected chi connectivity index (χ2v) is 8.12. The van der Waals surface area contributed by atoms with Gasteiger partial charge in [-0.3, -0.25) is 14.4 Å². The van der Waals surface area contributed by atoms with E-state index in [1.54, 1.807) is 17.0 Å². The monoisotopic (exact) mass is 413 g/mol. The van der Waals surface area contributed by atoms with Crippen molar-refractivity contribution in [3.8, 4) is 0 Å². The van der Waals surface area contributed by atoms with Crippen molar-refractivity contribution in [2.24, 2.45) is 0 Å². The number of para-hydroxylation sites is 1. The van der Waals surface area contributed by atoms with E-state index >= 15 is 0 Å². The highest BCUT2D eigenvalue weighted by molar-refractivity contribution is 8.01. The van der Waals surface area contributed by atoms with E-state index in [1.165, 1.54) is 40.9 Å². The normalized spacial score (nSPS) is 18.5. The molecule has 2 aliphatic heterocycles. The number of carbonyl (C=O) groups excluding carboxylic acids is 3. The van der Waals surface area contributed by atoms with Crippen LogP contribution >= 0.6 is 11.8 Å². The standard InChI is InChI=1S/C21H20FN3O3S/c22-14-7-9-15(10-8-14)23-18(26)13-25-16-5-1-2-6-17(16)29-19(21(25)28)20(27)24-11-3-4-12-24/h1-2,5-10,19H,3-4,11-13H2,(H,23,26)/t19-/m1/s1. The minimum absolute atomic E-state index is 0.198. The molecule has 2 aromatic rings. The Morgan fingerprint density at radius 1 is 1.07 bits per heavy atom. The summed E-state index contributed by atoms with van der Waals surface area (Å²) in [6.45, 7) is 1.10. The fraction of sp³-hybridized carbons (Fsp3) is 0.286. The van der Waals surface area contributed by atoms with Crippen molar-refractivity contribution in [3.05, 3.63) is 54.3 Å². The number of nitrogens with one attached hydrogen (secondary N) is 1. The Kier molecular flexibility index (Phi) is 5.53. The average molecular weight is 413 g/mol. The summed E-state index contributed by atoms with van der Waals surface area (Å²) in [6.07, 6.45) is 1.88. The summed E-state index contributed by atoms with van der Waals surface area (Å²) in [7, 11) is 0. The molecule has 8 heteroatoms. The van der Waals surface area contributed by atoms with Gasteiger partial charge in [-0.2, -0.15) is 0 Å². The van der Waals surface area contributed by atoms with Crippen LogP contribution in [0.4, 0.5) is 15.8 Å². The minimum Gasteiger partial charge on any atom is -0.341 e. The molecule has 0 aliphatic carbocycles. The van der Waals surface area contributed by atoms with E-state index < -0.39 is 17.0 Å². The number of nitrogens with zero attached hydrogens (tertiary/aromatic N) is 2. The fourth-order valence-corrected chi connectivity index (χ4v) is 4.71. The van der Waals surface area contributed by atoms with Crippen LogP contribution in [0, 0.1) is 5.82 Å². The molecule has 150 valence electrons. The molecule has 2 aromatic carbocycles. The summed E-state index contributed by atoms with van der Waals surface area (Å²) in [5.74, 6) is -1.40. The predicted molar refractivity (Wildman–Crippen MR) is 109 cm³/mol. The lowest BCUT2D eigenvalue weighted by Gasteiger charge is -2.34. The fourth-order valence-electron chi connectivity index (χ4n) is 3.52. The topological polar surface area (TPSA) is 69.7 Å². The van der Waals surface area contributed by atoms with Crippen LogP contribution in [0.3, 0.4) is 0 Å². The Balaban J connectivity index is 1.55. The summed E-state index contributed by atoms with van der Waals surface area (Å²) in [6, 6.07) is 12.7. The Hall–Kier alpha value is -2.87. The first-order chi connectivity index (χ1) is 14.0. The molecule has 1 N–H and O–H groups in total. The van der Waals surface area contributed by atoms with Gasteiger partial charge in [-0.05, 0) is 49.2 Å². The van der Waals surface area contributed by atoms with Crippen LogP contribution in [0.15, 0.2) is 53.4 Å². The molecule has 29 heavy (non-hydrogen) atoms. The van der Waals surface area contributed by atoms with E-state index in [2.05, 4.69) is 5.32 Å². The Morgan fingerprint density at radius 3 is 2.48 bits per heavy atom. The second kappa shape index (κ2) is 8.24. The lowest BCUT2D eigenvalue weighted by molar-refractivity contribution is -0.134. The third-order valence-corrected chi connectivity index (χ3v) is 6.20. The largest absolute Gasteiger partial charge is 0.341 e. The number of likely N-dealkylation sites (tertiary alicyclic amines) is 1. The number of fused-ring (bicyclic) bond motifs is 1. The minimum atomic E-state index is -0.887. The van der Waals surface area contributed by atoms with Gasteiger partial charge in [0.25, 0.3) is 5.91 Å². The number of anilines is 2. The summed E-state index contributed by atoms with van der Waals surface area (Å²) >= 11 is 1.24. The molecule has 0 saturated carbocycles. The molecule has 0 unspecified atom stereocenters. The molecular formula is C21H20FN3O3S. The zero-order chi connectivity index (χ0) is 20.4. The van der Waals surface area contributed by atoms with Crippen molar-refractivity contribution in [2.75, 3.05) is 29.9 Å². The number of amides is 3. The van der Waals surface area contributed by atoms with E-state index in [9.17, 15) is 18.8 Å². The highest BCUT2D eigenvalue weighted by Gasteiger charge is 2.41. The zero-order valence-electron chi connectivity index (χ0n) is 15.6. The summed E-state index contributed by atoms with van der Waals surface area (Å²) in [5, 5.41) is 1.78. The smallest absolute Gasteiger partial charge is 0.250 e. The maximum atomic E-state index is 13.1. The van der Waals surface area contributed by atoms with Crippen molar-refractivity contribution < 1.29 is 18.8 Å². The number of rotatable bonds is 4. The summed E-state index contributed by atoms with van der Waals surface area (Å²) in [4.78, 5) is 42.5. The number of halogens is 1. The van der Waals surface area contributed by atoms with E-state index in [0.717, 1.165) is 17.7 Å². The van der Waals surface area contributed by atoms with E-state index in [0.29, 0.717) is 24.5 Å². The van der Waals surface area contributed by atoms with Gasteiger partial charge in [-0.1, -0.05) is 12.1 Å². The Labute approximate surface area is 172 Å². The number of thioether (sulfide) groups is 1. The summed E-state index contributed by atoms with van der Waals surface area (Å²) in [5.41, 5.74) is 1.05. The molecule has 0 bridgehead atoms. The number of hydrogen-bond acceptors (Lipinski definition) is 4. The van der Waals surface area contributed by atoms with Crippen molar-refractivity contribution >= 4 is 40.9 Å². The van der Waals surface area contributed by atoms with Gasteiger partial charge in [0.2, 0.25) is 11.8 Å². The molecule has 0 aromatic heterocycles. The van der Waals surface area contributed by atoms with Crippen molar-refractivity contribution in [1.29, 1.82) is 0 Å². The lowest BCUT2D eigenvalue weighted by atomic mass is 10.2. The highest BCUT2D eigenvalue weighted by Crippen LogP contribution is 2.40. The average Bonchev–Trinajstić information content (AvgIpc) is 3.26. The molecule has 6 nitrogen and oxygen atoms in total. The molecule has 0 spiro atoms. The third-order valence-electron chi connectivity index (χ3n) is 4.96. The molecule has 3 amide bonds. The number of carbonyl (C=O) groups is 3. The first-order valence-electron chi connectivity index (χ1n) is 9.44. The van der Waals surface area contributed by atoms with Crippen LogP contribution in [0.25, 0.3) is 0 Å². The maximum absolute atomic E-state index is 13.1. The van der Waals surface area contributed by atoms with E-state index in [-0.39, 0.29) is 18.4 Å². The highest BCUT2D eigenvalue weighted by atomic mass is 32.2. The van der Waals surface area contributed by atoms with E-state index in [1.807, 2.05) is 12.1 Å². The van der Waals surface area contributed by atoms with Crippen molar-refractivity contribution in [3.63, 3.8) is 0 Å². The lowest BCUT2D eigenvalue weighted by Crippen LogP contribution is -2.51. The van der Waals surface area contributed by atoms with Crippen LogP contribution in [0.2, 0.25) is 0 Å². The van der Waals surface area contributed by atoms with Gasteiger partial charge in [-0.25, -0.2) is 4.39 Å². The van der Waals surface area contributed by atoms with Crippen LogP contribution in [0.5, 0.6) is 0 Å². The third kappa shape index (κ3) is 4.12. The predicted octanol–water partition coefficient (Wildman–Crippen LogP) is 2.89. The quantitative estimate of drug-likeness (QED) is 0.783. The van der Waals surface area contributed by atoms with Crippen LogP contribution < -0.4 is 10.2 Å². The molecule has 2 aliphatic rings. The van der Waals surface area contributed by atoms with Crippen LogP contribution in [-0.2, 0) is 14.4 Å². The molecule has 2 heterocycles. The van der Waals surface area contributed by atoms with Gasteiger partial charge in [-0.15, -0.1) is 11.8 Å². The Morgan fingerprint density at radius 2 is 1.76 bits per heavy atom. The zero-order valence-corrected chi connectivity index (χ0v) is 16.5. The summed E-state index contributed by atoms with van der Waals surface area (Å²) < 4.78 is 13.1. The van der Waals surface area contributed by atoms with Gasteiger partial charge in [0.05, 0.1) is 5.69 Å². The second-order valence-electron chi connectivity index (χ2n) is 6.98. The van der Waals surface area contributed by atoms with Gasteiger partial charge in [0, 0.05) is 23.7 Å². The van der Waals surface area contributed by atoms with Gasteiger partial charge in [0.15, 0.2) is 5.25 Å². The molecular weight excluding hydrogens is 393 g/mol.